The van der Waals surface area contributed by atoms with Crippen LogP contribution < -0.4 is 0 Å². The first kappa shape index (κ1) is 22.0. The highest BCUT2D eigenvalue weighted by molar-refractivity contribution is 5.66. The number of rotatable bonds is 13. The molecule has 3 aliphatic rings. The maximum atomic E-state index is 11.6. The lowest BCUT2D eigenvalue weighted by Crippen LogP contribution is -2.34. The number of carbonyl (C=O) groups excluding carboxylic acids is 1. The molecule has 3 saturated heterocycles. The molecule has 0 aliphatic carbocycles. The maximum Gasteiger partial charge on any atom is 0.302 e. The first-order chi connectivity index (χ1) is 13.7. The molecule has 0 aromatic heterocycles. The van der Waals surface area contributed by atoms with Crippen LogP contribution in [0.5, 0.6) is 0 Å². The van der Waals surface area contributed by atoms with Crippen LogP contribution in [0.15, 0.2) is 0 Å². The predicted molar refractivity (Wildman–Crippen MR) is 108 cm³/mol. The van der Waals surface area contributed by atoms with E-state index in [1.165, 1.54) is 51.9 Å². The van der Waals surface area contributed by atoms with Crippen LogP contribution in [0.25, 0.3) is 0 Å². The SMILES string of the molecule is CCCCCCCCCC[C@H](OC(C)=O)[C@H]1CC[C@H]([C@H]2CC[C@H]([C@H]3CO3)O2)O1. The minimum absolute atomic E-state index is 0.0262. The Labute approximate surface area is 170 Å². The van der Waals surface area contributed by atoms with Gasteiger partial charge in [-0.15, -0.1) is 0 Å². The zero-order valence-corrected chi connectivity index (χ0v) is 17.9. The molecule has 3 rings (SSSR count). The van der Waals surface area contributed by atoms with E-state index in [2.05, 4.69) is 6.92 Å². The number of unbranched alkanes of at least 4 members (excludes halogenated alkanes) is 7. The first-order valence-electron chi connectivity index (χ1n) is 11.8. The number of hydrogen-bond donors (Lipinski definition) is 0. The highest BCUT2D eigenvalue weighted by Gasteiger charge is 2.44. The summed E-state index contributed by atoms with van der Waals surface area (Å²) in [6.45, 7) is 4.61. The van der Waals surface area contributed by atoms with Crippen LogP contribution in [0, 0.1) is 0 Å². The van der Waals surface area contributed by atoms with Gasteiger partial charge in [-0.25, -0.2) is 0 Å². The summed E-state index contributed by atoms with van der Waals surface area (Å²) in [6, 6.07) is 0. The third kappa shape index (κ3) is 7.00. The average Bonchev–Trinajstić information content (AvgIpc) is 3.20. The molecule has 6 atom stereocenters. The summed E-state index contributed by atoms with van der Waals surface area (Å²) in [5, 5.41) is 0. The van der Waals surface area contributed by atoms with Gasteiger partial charge in [0.1, 0.15) is 12.2 Å². The molecule has 3 heterocycles. The largest absolute Gasteiger partial charge is 0.460 e. The van der Waals surface area contributed by atoms with E-state index in [9.17, 15) is 4.79 Å². The van der Waals surface area contributed by atoms with Crippen molar-refractivity contribution >= 4 is 5.97 Å². The Morgan fingerprint density at radius 2 is 1.43 bits per heavy atom. The molecule has 162 valence electrons. The van der Waals surface area contributed by atoms with Crippen molar-refractivity contribution in [3.05, 3.63) is 0 Å². The van der Waals surface area contributed by atoms with Gasteiger partial charge in [0.15, 0.2) is 0 Å². The van der Waals surface area contributed by atoms with E-state index in [0.29, 0.717) is 6.10 Å². The van der Waals surface area contributed by atoms with Crippen molar-refractivity contribution < 1.29 is 23.7 Å². The number of carbonyl (C=O) groups is 1. The molecule has 5 nitrogen and oxygen atoms in total. The predicted octanol–water partition coefficient (Wildman–Crippen LogP) is 4.94. The first-order valence-corrected chi connectivity index (χ1v) is 11.8. The average molecular weight is 397 g/mol. The molecular formula is C23H40O5. The quantitative estimate of drug-likeness (QED) is 0.251. The normalized spacial score (nSPS) is 33.1. The fraction of sp³-hybridized carbons (Fsp3) is 0.957. The Bertz CT molecular complexity index is 464. The van der Waals surface area contributed by atoms with Gasteiger partial charge in [0.25, 0.3) is 0 Å². The lowest BCUT2D eigenvalue weighted by atomic mass is 10.0. The van der Waals surface area contributed by atoms with E-state index < -0.39 is 0 Å². The summed E-state index contributed by atoms with van der Waals surface area (Å²) in [5.74, 6) is -0.195. The zero-order valence-electron chi connectivity index (χ0n) is 17.9. The smallest absolute Gasteiger partial charge is 0.302 e. The second-order valence-electron chi connectivity index (χ2n) is 8.86. The summed E-state index contributed by atoms with van der Waals surface area (Å²) in [5.41, 5.74) is 0. The molecule has 0 radical (unpaired) electrons. The van der Waals surface area contributed by atoms with Gasteiger partial charge in [0.2, 0.25) is 0 Å². The molecule has 0 bridgehead atoms. The van der Waals surface area contributed by atoms with Crippen LogP contribution in [0.4, 0.5) is 0 Å². The molecule has 0 aromatic rings. The molecule has 3 fully saturated rings. The summed E-state index contributed by atoms with van der Waals surface area (Å²) in [6.07, 6.45) is 16.1. The number of ether oxygens (including phenoxy) is 4. The Morgan fingerprint density at radius 3 is 2.07 bits per heavy atom. The van der Waals surface area contributed by atoms with Crippen molar-refractivity contribution in [2.45, 2.75) is 134 Å². The lowest BCUT2D eigenvalue weighted by molar-refractivity contribution is -0.158. The molecule has 0 spiro atoms. The van der Waals surface area contributed by atoms with E-state index in [4.69, 9.17) is 18.9 Å². The molecule has 28 heavy (non-hydrogen) atoms. The van der Waals surface area contributed by atoms with Crippen LogP contribution in [-0.4, -0.2) is 49.2 Å². The van der Waals surface area contributed by atoms with Gasteiger partial charge in [-0.05, 0) is 38.5 Å². The molecule has 0 amide bonds. The van der Waals surface area contributed by atoms with Crippen molar-refractivity contribution in [1.82, 2.24) is 0 Å². The summed E-state index contributed by atoms with van der Waals surface area (Å²) in [7, 11) is 0. The lowest BCUT2D eigenvalue weighted by Gasteiger charge is -2.25. The minimum Gasteiger partial charge on any atom is -0.460 e. The third-order valence-electron chi connectivity index (χ3n) is 6.43. The van der Waals surface area contributed by atoms with E-state index in [1.54, 1.807) is 0 Å². The van der Waals surface area contributed by atoms with Crippen LogP contribution in [0.1, 0.15) is 97.3 Å². The van der Waals surface area contributed by atoms with Gasteiger partial charge in [-0.3, -0.25) is 4.79 Å². The Hall–Kier alpha value is -0.650. The molecule has 5 heteroatoms. The van der Waals surface area contributed by atoms with Gasteiger partial charge >= 0.3 is 5.97 Å². The number of hydrogen-bond acceptors (Lipinski definition) is 5. The van der Waals surface area contributed by atoms with E-state index in [0.717, 1.165) is 45.1 Å². The molecule has 0 N–H and O–H groups in total. The Balaban J connectivity index is 1.35. The number of epoxide rings is 1. The summed E-state index contributed by atoms with van der Waals surface area (Å²) < 4.78 is 23.5. The third-order valence-corrected chi connectivity index (χ3v) is 6.43. The Kier molecular flexibility index (Phi) is 9.06. The van der Waals surface area contributed by atoms with Gasteiger partial charge in [-0.2, -0.15) is 0 Å². The highest BCUT2D eigenvalue weighted by Crippen LogP contribution is 2.36. The van der Waals surface area contributed by atoms with E-state index in [-0.39, 0.29) is 36.5 Å². The highest BCUT2D eigenvalue weighted by atomic mass is 16.6. The van der Waals surface area contributed by atoms with Crippen molar-refractivity contribution in [3.8, 4) is 0 Å². The van der Waals surface area contributed by atoms with Gasteiger partial charge < -0.3 is 18.9 Å². The standard InChI is InChI=1S/C23H40O5/c1-3-4-5-6-7-8-9-10-11-18(26-17(2)24)19-12-13-20(27-19)21-14-15-22(28-21)23-16-25-23/h18-23H,3-16H2,1-2H3/t18-,19+,20+,21+,22+,23+/m0/s1. The second-order valence-corrected chi connectivity index (χ2v) is 8.86. The second kappa shape index (κ2) is 11.5. The minimum atomic E-state index is -0.195. The number of esters is 1. The molecule has 0 unspecified atom stereocenters. The molecular weight excluding hydrogens is 356 g/mol. The topological polar surface area (TPSA) is 57.3 Å². The molecule has 0 aromatic carbocycles. The fourth-order valence-corrected chi connectivity index (χ4v) is 4.76. The van der Waals surface area contributed by atoms with Crippen LogP contribution >= 0.6 is 0 Å². The summed E-state index contributed by atoms with van der Waals surface area (Å²) >= 11 is 0. The van der Waals surface area contributed by atoms with Gasteiger partial charge in [0.05, 0.1) is 31.0 Å². The van der Waals surface area contributed by atoms with Crippen molar-refractivity contribution in [2.75, 3.05) is 6.61 Å². The van der Waals surface area contributed by atoms with Gasteiger partial charge in [0, 0.05) is 6.92 Å². The molecule has 0 saturated carbocycles. The van der Waals surface area contributed by atoms with E-state index in [1.807, 2.05) is 0 Å². The maximum absolute atomic E-state index is 11.6. The van der Waals surface area contributed by atoms with Crippen LogP contribution in [-0.2, 0) is 23.7 Å². The molecule has 3 aliphatic heterocycles. The fourth-order valence-electron chi connectivity index (χ4n) is 4.76. The zero-order chi connectivity index (χ0) is 19.8. The Morgan fingerprint density at radius 1 is 0.857 bits per heavy atom. The van der Waals surface area contributed by atoms with Gasteiger partial charge in [-0.1, -0.05) is 51.9 Å². The monoisotopic (exact) mass is 396 g/mol. The van der Waals surface area contributed by atoms with E-state index >= 15 is 0 Å². The van der Waals surface area contributed by atoms with Crippen LogP contribution in [0.2, 0.25) is 0 Å². The van der Waals surface area contributed by atoms with Crippen molar-refractivity contribution in [1.29, 1.82) is 0 Å². The van der Waals surface area contributed by atoms with Crippen molar-refractivity contribution in [2.24, 2.45) is 0 Å². The van der Waals surface area contributed by atoms with Crippen LogP contribution in [0.3, 0.4) is 0 Å². The summed E-state index contributed by atoms with van der Waals surface area (Å²) in [4.78, 5) is 11.6. The van der Waals surface area contributed by atoms with Crippen molar-refractivity contribution in [3.63, 3.8) is 0 Å².